The molecule has 1 aromatic carbocycles. The number of hydrogen-bond acceptors (Lipinski definition) is 3. The molecule has 167 valence electrons. The van der Waals surface area contributed by atoms with Gasteiger partial charge in [0.15, 0.2) is 0 Å². The molecular formula is C23H21F3MnN4O. The fourth-order valence-corrected chi connectivity index (χ4v) is 3.84. The molecule has 0 unspecified atom stereocenters. The minimum atomic E-state index is -4.52. The Morgan fingerprint density at radius 3 is 2.75 bits per heavy atom. The summed E-state index contributed by atoms with van der Waals surface area (Å²) in [6.07, 6.45) is 1.70. The average molecular weight is 481 g/mol. The van der Waals surface area contributed by atoms with Crippen molar-refractivity contribution in [3.8, 4) is 0 Å². The Balaban J connectivity index is 0.00000289. The molecule has 0 N–H and O–H groups in total. The van der Waals surface area contributed by atoms with Crippen molar-refractivity contribution in [3.63, 3.8) is 0 Å². The molecule has 3 heterocycles. The van der Waals surface area contributed by atoms with Crippen molar-refractivity contribution < 1.29 is 35.0 Å². The fourth-order valence-electron chi connectivity index (χ4n) is 3.84. The smallest absolute Gasteiger partial charge is 0.342 e. The molecule has 5 nitrogen and oxygen atoms in total. The van der Waals surface area contributed by atoms with E-state index in [4.69, 9.17) is 0 Å². The zero-order valence-electron chi connectivity index (χ0n) is 17.1. The number of likely N-dealkylation sites (tertiary alicyclic amines) is 1. The van der Waals surface area contributed by atoms with Crippen LogP contribution in [-0.4, -0.2) is 38.3 Å². The van der Waals surface area contributed by atoms with Gasteiger partial charge < -0.3 is 10.8 Å². The maximum Gasteiger partial charge on any atom is 2.00 e. The Hall–Kier alpha value is -2.77. The first-order chi connectivity index (χ1) is 14.8. The second kappa shape index (κ2) is 9.38. The number of amides is 1. The Kier molecular flexibility index (Phi) is 7.00. The largest absolute Gasteiger partial charge is 2.00 e. The summed E-state index contributed by atoms with van der Waals surface area (Å²) >= 11 is 0. The zero-order chi connectivity index (χ0) is 22.2. The van der Waals surface area contributed by atoms with Crippen LogP contribution in [0, 0.1) is 18.8 Å². The Bertz CT molecular complexity index is 1130. The van der Waals surface area contributed by atoms with Crippen molar-refractivity contribution in [3.05, 3.63) is 90.7 Å². The Labute approximate surface area is 194 Å². The number of carbonyl (C=O) groups excluding carboxylic acids is 1. The molecule has 2 aromatic heterocycles. The number of aromatic nitrogens is 3. The molecule has 1 fully saturated rings. The molecule has 1 aliphatic heterocycles. The Morgan fingerprint density at radius 1 is 1.31 bits per heavy atom. The van der Waals surface area contributed by atoms with Gasteiger partial charge in [-0.25, -0.2) is 9.97 Å². The molecule has 1 aliphatic rings. The summed E-state index contributed by atoms with van der Waals surface area (Å²) in [7, 11) is 0. The minimum absolute atomic E-state index is 0. The molecular weight excluding hydrogens is 460 g/mol. The number of benzene rings is 1. The summed E-state index contributed by atoms with van der Waals surface area (Å²) in [4.78, 5) is 22.5. The third-order valence-electron chi connectivity index (χ3n) is 5.61. The summed E-state index contributed by atoms with van der Waals surface area (Å²) in [6, 6.07) is 7.95. The summed E-state index contributed by atoms with van der Waals surface area (Å²) in [5.41, 5.74) is 1.30. The van der Waals surface area contributed by atoms with Gasteiger partial charge in [-0.3, -0.25) is 9.20 Å². The molecule has 1 radical (unpaired) electrons. The fraction of sp³-hybridized carbons (Fsp3) is 0.261. The van der Waals surface area contributed by atoms with Gasteiger partial charge in [0.25, 0.3) is 5.91 Å². The number of alkyl halides is 3. The van der Waals surface area contributed by atoms with Crippen molar-refractivity contribution in [2.24, 2.45) is 5.92 Å². The molecule has 32 heavy (non-hydrogen) atoms. The molecule has 1 atom stereocenters. The standard InChI is InChI=1S/C23H21F3N4O.Mn/c1-3-16-12-29(9-8-18(16)10-17-7-5-4-6-15(17)2)21(31)20-14-30-13-19(23(24,25)26)11-27-22(30)28-20;/h3-7,11,13-14,16H,1-2,8-10,12H2;/q-2;+2/t16-;/m1./s1. The number of hydrogen-bond donors (Lipinski definition) is 0. The van der Waals surface area contributed by atoms with E-state index in [0.717, 1.165) is 28.1 Å². The molecule has 0 saturated carbocycles. The molecule has 9 heteroatoms. The van der Waals surface area contributed by atoms with E-state index in [2.05, 4.69) is 23.5 Å². The number of piperidine rings is 1. The van der Waals surface area contributed by atoms with E-state index in [1.54, 1.807) is 4.90 Å². The monoisotopic (exact) mass is 481 g/mol. The first-order valence-electron chi connectivity index (χ1n) is 9.84. The summed E-state index contributed by atoms with van der Waals surface area (Å²) in [5, 5.41) is 0. The van der Waals surface area contributed by atoms with Gasteiger partial charge in [0.05, 0.1) is 5.56 Å². The number of imidazole rings is 1. The third kappa shape index (κ3) is 4.84. The second-order valence-corrected chi connectivity index (χ2v) is 7.62. The van der Waals surface area contributed by atoms with E-state index in [9.17, 15) is 18.0 Å². The normalized spacial score (nSPS) is 17.2. The van der Waals surface area contributed by atoms with Crippen LogP contribution in [-0.2, 0) is 29.7 Å². The predicted molar refractivity (Wildman–Crippen MR) is 110 cm³/mol. The summed E-state index contributed by atoms with van der Waals surface area (Å²) in [6.45, 7) is 8.95. The maximum absolute atomic E-state index is 13.0. The summed E-state index contributed by atoms with van der Waals surface area (Å²) < 4.78 is 39.9. The van der Waals surface area contributed by atoms with Gasteiger partial charge in [-0.2, -0.15) is 50.1 Å². The van der Waals surface area contributed by atoms with E-state index < -0.39 is 11.7 Å². The number of halogens is 3. The van der Waals surface area contributed by atoms with Crippen LogP contribution in [0.1, 0.15) is 33.6 Å². The predicted octanol–water partition coefficient (Wildman–Crippen LogP) is 4.39. The Morgan fingerprint density at radius 2 is 2.06 bits per heavy atom. The van der Waals surface area contributed by atoms with Crippen LogP contribution < -0.4 is 0 Å². The zero-order valence-corrected chi connectivity index (χ0v) is 18.3. The second-order valence-electron chi connectivity index (χ2n) is 7.62. The third-order valence-corrected chi connectivity index (χ3v) is 5.61. The van der Waals surface area contributed by atoms with Gasteiger partial charge in [-0.1, -0.05) is 6.07 Å². The van der Waals surface area contributed by atoms with E-state index in [1.165, 1.54) is 12.1 Å². The molecule has 3 aromatic rings. The van der Waals surface area contributed by atoms with Crippen LogP contribution in [0.3, 0.4) is 0 Å². The van der Waals surface area contributed by atoms with Crippen LogP contribution in [0.2, 0.25) is 0 Å². The van der Waals surface area contributed by atoms with Crippen molar-refractivity contribution in [1.82, 2.24) is 19.3 Å². The van der Waals surface area contributed by atoms with Crippen molar-refractivity contribution >= 4 is 11.7 Å². The van der Waals surface area contributed by atoms with Crippen LogP contribution in [0.4, 0.5) is 13.2 Å². The van der Waals surface area contributed by atoms with E-state index in [1.807, 2.05) is 30.3 Å². The molecule has 0 bridgehead atoms. The minimum Gasteiger partial charge on any atom is -0.342 e. The quantitative estimate of drug-likeness (QED) is 0.316. The molecule has 1 amide bonds. The molecule has 4 rings (SSSR count). The van der Waals surface area contributed by atoms with Crippen LogP contribution >= 0.6 is 0 Å². The number of carbonyl (C=O) groups is 1. The topological polar surface area (TPSA) is 50.5 Å². The van der Waals surface area contributed by atoms with Gasteiger partial charge >= 0.3 is 23.2 Å². The van der Waals surface area contributed by atoms with Crippen LogP contribution in [0.25, 0.3) is 5.78 Å². The van der Waals surface area contributed by atoms with Crippen molar-refractivity contribution in [1.29, 1.82) is 0 Å². The molecule has 0 aliphatic carbocycles. The van der Waals surface area contributed by atoms with Crippen molar-refractivity contribution in [2.45, 2.75) is 19.0 Å². The number of rotatable bonds is 4. The summed E-state index contributed by atoms with van der Waals surface area (Å²) in [5.74, 6) is 1.02. The van der Waals surface area contributed by atoms with Crippen LogP contribution in [0.15, 0.2) is 55.5 Å². The van der Waals surface area contributed by atoms with Gasteiger partial charge in [-0.15, -0.1) is 30.7 Å². The molecule has 0 spiro atoms. The maximum atomic E-state index is 13.0. The van der Waals surface area contributed by atoms with Crippen LogP contribution in [0.5, 0.6) is 0 Å². The van der Waals surface area contributed by atoms with Gasteiger partial charge in [0.1, 0.15) is 5.69 Å². The van der Waals surface area contributed by atoms with Gasteiger partial charge in [0, 0.05) is 18.6 Å². The van der Waals surface area contributed by atoms with Gasteiger partial charge in [0.2, 0.25) is 5.78 Å². The number of nitrogens with zero attached hydrogens (tertiary/aromatic N) is 4. The first-order valence-corrected chi connectivity index (χ1v) is 9.84. The number of fused-ring (bicyclic) bond motifs is 1. The van der Waals surface area contributed by atoms with Crippen molar-refractivity contribution in [2.75, 3.05) is 13.1 Å². The van der Waals surface area contributed by atoms with E-state index in [-0.39, 0.29) is 40.4 Å². The van der Waals surface area contributed by atoms with E-state index in [0.29, 0.717) is 25.7 Å². The molecule has 1 saturated heterocycles. The first kappa shape index (κ1) is 23.9. The van der Waals surface area contributed by atoms with Gasteiger partial charge in [-0.05, 0) is 13.1 Å². The average Bonchev–Trinajstić information content (AvgIpc) is 3.18. The SMILES string of the molecule is C=C[C@@H]1CN(C(=O)c2cn3cc(C(F)(F)F)cnc3n2)CC[C-]1Cc1ccccc1[CH2-].[Mn+2]. The van der Waals surface area contributed by atoms with E-state index >= 15 is 0 Å².